The second-order valence-electron chi connectivity index (χ2n) is 10.2. The number of Topliss-reactive ketones (excluding diaryl/α,β-unsaturated/α-hetero) is 1. The fourth-order valence-electron chi connectivity index (χ4n) is 3.73. The Morgan fingerprint density at radius 1 is 1.09 bits per heavy atom. The summed E-state index contributed by atoms with van der Waals surface area (Å²) in [6, 6.07) is -1.02. The van der Waals surface area contributed by atoms with Crippen LogP contribution in [0.25, 0.3) is 0 Å². The molecule has 32 heavy (non-hydrogen) atoms. The summed E-state index contributed by atoms with van der Waals surface area (Å²) in [7, 11) is 0. The molecule has 0 unspecified atom stereocenters. The average molecular weight is 454 g/mol. The van der Waals surface area contributed by atoms with Gasteiger partial charge >= 0.3 is 6.09 Å². The first kappa shape index (κ1) is 27.9. The molecule has 1 heterocycles. The Balaban J connectivity index is 2.54. The highest BCUT2D eigenvalue weighted by Gasteiger charge is 2.36. The zero-order chi connectivity index (χ0) is 24.6. The Bertz CT molecular complexity index is 671. The van der Waals surface area contributed by atoms with Crippen LogP contribution >= 0.6 is 0 Å². The summed E-state index contributed by atoms with van der Waals surface area (Å²) < 4.78 is 5.49. The van der Waals surface area contributed by atoms with Crippen molar-refractivity contribution in [1.82, 2.24) is 15.1 Å². The smallest absolute Gasteiger partial charge is 0.410 e. The minimum atomic E-state index is -0.550. The average Bonchev–Trinajstić information content (AvgIpc) is 3.14. The SMILES string of the molecule is CC(=O)[C@@H](C)NC(=O)[C@@H]1CCCN1C(=O)[C@@H](C)CCCCN(C(=O)OC(C)(C)C)C(C)C. The van der Waals surface area contributed by atoms with E-state index in [0.29, 0.717) is 25.9 Å². The van der Waals surface area contributed by atoms with Crippen LogP contribution in [0.2, 0.25) is 0 Å². The number of ether oxygens (including phenoxy) is 1. The molecular weight excluding hydrogens is 410 g/mol. The van der Waals surface area contributed by atoms with E-state index in [2.05, 4.69) is 5.32 Å². The van der Waals surface area contributed by atoms with Crippen LogP contribution in [0.4, 0.5) is 4.79 Å². The van der Waals surface area contributed by atoms with Crippen molar-refractivity contribution in [1.29, 1.82) is 0 Å². The molecule has 184 valence electrons. The lowest BCUT2D eigenvalue weighted by Crippen LogP contribution is -2.50. The van der Waals surface area contributed by atoms with Gasteiger partial charge < -0.3 is 19.9 Å². The lowest BCUT2D eigenvalue weighted by molar-refractivity contribution is -0.141. The molecule has 0 saturated carbocycles. The van der Waals surface area contributed by atoms with Gasteiger partial charge in [-0.05, 0) is 74.1 Å². The van der Waals surface area contributed by atoms with Crippen molar-refractivity contribution in [2.75, 3.05) is 13.1 Å². The van der Waals surface area contributed by atoms with E-state index in [4.69, 9.17) is 4.74 Å². The van der Waals surface area contributed by atoms with Crippen LogP contribution in [0.15, 0.2) is 0 Å². The number of nitrogens with one attached hydrogen (secondary N) is 1. The largest absolute Gasteiger partial charge is 0.444 e. The summed E-state index contributed by atoms with van der Waals surface area (Å²) in [5.74, 6) is -0.589. The lowest BCUT2D eigenvalue weighted by atomic mass is 10.0. The molecule has 0 aromatic carbocycles. The summed E-state index contributed by atoms with van der Waals surface area (Å²) >= 11 is 0. The van der Waals surface area contributed by atoms with Crippen molar-refractivity contribution in [3.05, 3.63) is 0 Å². The second-order valence-corrected chi connectivity index (χ2v) is 10.2. The second kappa shape index (κ2) is 12.2. The van der Waals surface area contributed by atoms with Gasteiger partial charge in [0.1, 0.15) is 11.6 Å². The van der Waals surface area contributed by atoms with Gasteiger partial charge in [0.05, 0.1) is 6.04 Å². The highest BCUT2D eigenvalue weighted by atomic mass is 16.6. The number of hydrogen-bond acceptors (Lipinski definition) is 5. The minimum Gasteiger partial charge on any atom is -0.444 e. The molecule has 3 atom stereocenters. The van der Waals surface area contributed by atoms with E-state index < -0.39 is 17.7 Å². The Labute approximate surface area is 193 Å². The van der Waals surface area contributed by atoms with Crippen molar-refractivity contribution < 1.29 is 23.9 Å². The number of hydrogen-bond donors (Lipinski definition) is 1. The predicted molar refractivity (Wildman–Crippen MR) is 124 cm³/mol. The van der Waals surface area contributed by atoms with Gasteiger partial charge in [-0.2, -0.15) is 0 Å². The van der Waals surface area contributed by atoms with E-state index in [9.17, 15) is 19.2 Å². The molecule has 1 fully saturated rings. The Hall–Kier alpha value is -2.12. The lowest BCUT2D eigenvalue weighted by Gasteiger charge is -2.30. The van der Waals surface area contributed by atoms with E-state index in [1.807, 2.05) is 41.5 Å². The van der Waals surface area contributed by atoms with Crippen LogP contribution in [0.3, 0.4) is 0 Å². The summed E-state index contributed by atoms with van der Waals surface area (Å²) in [5.41, 5.74) is -0.536. The Kier molecular flexibility index (Phi) is 10.6. The van der Waals surface area contributed by atoms with Gasteiger partial charge in [0, 0.05) is 25.0 Å². The van der Waals surface area contributed by atoms with Gasteiger partial charge in [0.15, 0.2) is 5.78 Å². The molecule has 1 aliphatic rings. The molecule has 1 N–H and O–H groups in total. The van der Waals surface area contributed by atoms with Crippen molar-refractivity contribution in [2.45, 2.75) is 111 Å². The molecule has 3 amide bonds. The van der Waals surface area contributed by atoms with E-state index in [1.165, 1.54) is 6.92 Å². The molecule has 0 aliphatic carbocycles. The third-order valence-electron chi connectivity index (χ3n) is 5.77. The van der Waals surface area contributed by atoms with Gasteiger partial charge in [-0.25, -0.2) is 4.79 Å². The Morgan fingerprint density at radius 3 is 2.25 bits per heavy atom. The molecular formula is C24H43N3O5. The third kappa shape index (κ3) is 8.79. The molecule has 1 saturated heterocycles. The highest BCUT2D eigenvalue weighted by Crippen LogP contribution is 2.22. The van der Waals surface area contributed by atoms with Crippen LogP contribution in [-0.2, 0) is 19.1 Å². The number of likely N-dealkylation sites (tertiary alicyclic amines) is 1. The zero-order valence-electron chi connectivity index (χ0n) is 21.2. The van der Waals surface area contributed by atoms with E-state index in [1.54, 1.807) is 16.7 Å². The van der Waals surface area contributed by atoms with Crippen molar-refractivity contribution in [3.63, 3.8) is 0 Å². The highest BCUT2D eigenvalue weighted by molar-refractivity contribution is 5.92. The maximum absolute atomic E-state index is 13.0. The maximum Gasteiger partial charge on any atom is 0.410 e. The number of nitrogens with zero attached hydrogens (tertiary/aromatic N) is 2. The molecule has 0 aromatic rings. The van der Waals surface area contributed by atoms with Crippen molar-refractivity contribution in [2.24, 2.45) is 5.92 Å². The molecule has 0 aromatic heterocycles. The number of carbonyl (C=O) groups excluding carboxylic acids is 4. The fraction of sp³-hybridized carbons (Fsp3) is 0.833. The monoisotopic (exact) mass is 453 g/mol. The maximum atomic E-state index is 13.0. The van der Waals surface area contributed by atoms with E-state index >= 15 is 0 Å². The molecule has 1 rings (SSSR count). The Morgan fingerprint density at radius 2 is 1.72 bits per heavy atom. The van der Waals surface area contributed by atoms with Crippen molar-refractivity contribution in [3.8, 4) is 0 Å². The molecule has 8 nitrogen and oxygen atoms in total. The quantitative estimate of drug-likeness (QED) is 0.511. The fourth-order valence-corrected chi connectivity index (χ4v) is 3.73. The molecule has 1 aliphatic heterocycles. The van der Waals surface area contributed by atoms with Gasteiger partial charge in [0.2, 0.25) is 11.8 Å². The van der Waals surface area contributed by atoms with Gasteiger partial charge in [0.25, 0.3) is 0 Å². The third-order valence-corrected chi connectivity index (χ3v) is 5.77. The topological polar surface area (TPSA) is 96.0 Å². The summed E-state index contributed by atoms with van der Waals surface area (Å²) in [4.78, 5) is 52.8. The number of amides is 3. The van der Waals surface area contributed by atoms with Crippen LogP contribution < -0.4 is 5.32 Å². The number of rotatable bonds is 10. The zero-order valence-corrected chi connectivity index (χ0v) is 21.2. The number of ketones is 1. The van der Waals surface area contributed by atoms with Gasteiger partial charge in [-0.15, -0.1) is 0 Å². The summed E-state index contributed by atoms with van der Waals surface area (Å²) in [6.07, 6.45) is 3.34. The molecule has 0 spiro atoms. The summed E-state index contributed by atoms with van der Waals surface area (Å²) in [6.45, 7) is 15.6. The van der Waals surface area contributed by atoms with Gasteiger partial charge in [-0.1, -0.05) is 13.3 Å². The van der Waals surface area contributed by atoms with E-state index in [0.717, 1.165) is 19.3 Å². The first-order valence-electron chi connectivity index (χ1n) is 11.9. The first-order chi connectivity index (χ1) is 14.7. The normalized spacial score (nSPS) is 18.3. The standard InChI is InChI=1S/C24H43N3O5/c1-16(2)26(23(31)32-24(6,7)8)14-10-9-12-17(3)22(30)27-15-11-13-20(27)21(29)25-18(4)19(5)28/h16-18,20H,9-15H2,1-8H3,(H,25,29)/t17-,18+,20-/m0/s1. The predicted octanol–water partition coefficient (Wildman–Crippen LogP) is 3.52. The van der Waals surface area contributed by atoms with Crippen LogP contribution in [-0.4, -0.2) is 70.3 Å². The number of carbonyl (C=O) groups is 4. The molecule has 0 bridgehead atoms. The van der Waals surface area contributed by atoms with Crippen LogP contribution in [0.1, 0.15) is 87.5 Å². The summed E-state index contributed by atoms with van der Waals surface area (Å²) in [5, 5.41) is 2.72. The molecule has 8 heteroatoms. The first-order valence-corrected chi connectivity index (χ1v) is 11.9. The molecule has 0 radical (unpaired) electrons. The number of unbranched alkanes of at least 4 members (excludes halogenated alkanes) is 1. The van der Waals surface area contributed by atoms with E-state index in [-0.39, 0.29) is 35.7 Å². The minimum absolute atomic E-state index is 0.0222. The van der Waals surface area contributed by atoms with Crippen molar-refractivity contribution >= 4 is 23.7 Å². The van der Waals surface area contributed by atoms with Gasteiger partial charge in [-0.3, -0.25) is 14.4 Å². The van der Waals surface area contributed by atoms with Crippen LogP contribution in [0.5, 0.6) is 0 Å². The van der Waals surface area contributed by atoms with Crippen LogP contribution in [0, 0.1) is 5.92 Å².